The molecule has 10 heteroatoms. The second-order valence-corrected chi connectivity index (χ2v) is 8.73. The van der Waals surface area contributed by atoms with Gasteiger partial charge in [0.1, 0.15) is 11.3 Å². The zero-order valence-corrected chi connectivity index (χ0v) is 16.3. The molecule has 0 spiro atoms. The summed E-state index contributed by atoms with van der Waals surface area (Å²) < 4.78 is 30.5. The van der Waals surface area contributed by atoms with E-state index in [1.54, 1.807) is 31.2 Å². The van der Waals surface area contributed by atoms with Gasteiger partial charge in [0.05, 0.1) is 18.2 Å². The van der Waals surface area contributed by atoms with E-state index in [1.165, 1.54) is 26.2 Å². The van der Waals surface area contributed by atoms with E-state index in [2.05, 4.69) is 5.32 Å². The van der Waals surface area contributed by atoms with E-state index >= 15 is 0 Å². The maximum atomic E-state index is 12.9. The third-order valence-electron chi connectivity index (χ3n) is 4.55. The van der Waals surface area contributed by atoms with E-state index in [4.69, 9.17) is 9.68 Å². The van der Waals surface area contributed by atoms with Gasteiger partial charge in [-0.15, -0.1) is 0 Å². The standard InChI is InChI=1S/C18H18N4O5S/c1-18(13-6-4-12(10-19)5-7-13)16(23)22(17(24)20-18)11-14-8-9-15(27-14)28(25,26)21(2)3/h4-9H,11H2,1-3H3,(H,20,24). The third kappa shape index (κ3) is 3.15. The van der Waals surface area contributed by atoms with Gasteiger partial charge in [0.15, 0.2) is 0 Å². The van der Waals surface area contributed by atoms with Crippen molar-refractivity contribution in [2.24, 2.45) is 0 Å². The maximum absolute atomic E-state index is 12.9. The van der Waals surface area contributed by atoms with Crippen LogP contribution in [0.4, 0.5) is 4.79 Å². The molecular weight excluding hydrogens is 384 g/mol. The molecule has 1 atom stereocenters. The fourth-order valence-electron chi connectivity index (χ4n) is 2.83. The van der Waals surface area contributed by atoms with Crippen LogP contribution < -0.4 is 5.32 Å². The molecule has 1 aliphatic heterocycles. The van der Waals surface area contributed by atoms with Crippen molar-refractivity contribution < 1.29 is 22.4 Å². The Morgan fingerprint density at radius 1 is 1.18 bits per heavy atom. The van der Waals surface area contributed by atoms with Crippen molar-refractivity contribution in [2.75, 3.05) is 14.1 Å². The number of sulfonamides is 1. The van der Waals surface area contributed by atoms with Gasteiger partial charge >= 0.3 is 6.03 Å². The minimum absolute atomic E-state index is 0.160. The topological polar surface area (TPSA) is 124 Å². The van der Waals surface area contributed by atoms with Crippen LogP contribution in [0.25, 0.3) is 0 Å². The number of benzene rings is 1. The molecule has 0 bridgehead atoms. The number of nitrogens with zero attached hydrogens (tertiary/aromatic N) is 3. The Morgan fingerprint density at radius 3 is 2.39 bits per heavy atom. The van der Waals surface area contributed by atoms with Gasteiger partial charge in [-0.2, -0.15) is 5.26 Å². The van der Waals surface area contributed by atoms with Crippen molar-refractivity contribution in [3.05, 3.63) is 53.3 Å². The average molecular weight is 402 g/mol. The second-order valence-electron chi connectivity index (χ2n) is 6.64. The van der Waals surface area contributed by atoms with E-state index in [0.717, 1.165) is 9.21 Å². The summed E-state index contributed by atoms with van der Waals surface area (Å²) in [5.41, 5.74) is -0.329. The van der Waals surface area contributed by atoms with Gasteiger partial charge in [0.25, 0.3) is 15.9 Å². The molecule has 1 aromatic carbocycles. The normalized spacial score (nSPS) is 19.8. The zero-order chi connectivity index (χ0) is 20.7. The average Bonchev–Trinajstić information content (AvgIpc) is 3.22. The lowest BCUT2D eigenvalue weighted by Crippen LogP contribution is -2.40. The van der Waals surface area contributed by atoms with Crippen LogP contribution in [0.5, 0.6) is 0 Å². The predicted octanol–water partition coefficient (Wildman–Crippen LogP) is 1.37. The molecule has 0 aliphatic carbocycles. The number of imide groups is 1. The Hall–Kier alpha value is -3.16. The number of carbonyl (C=O) groups is 2. The number of amides is 3. The molecule has 3 rings (SSSR count). The highest BCUT2D eigenvalue weighted by Gasteiger charge is 2.49. The Morgan fingerprint density at radius 2 is 1.82 bits per heavy atom. The molecule has 0 radical (unpaired) electrons. The Kier molecular flexibility index (Phi) is 4.74. The number of hydrogen-bond donors (Lipinski definition) is 1. The Bertz CT molecular complexity index is 1080. The van der Waals surface area contributed by atoms with Crippen LogP contribution in [-0.4, -0.2) is 43.7 Å². The maximum Gasteiger partial charge on any atom is 0.325 e. The van der Waals surface area contributed by atoms with Crippen LogP contribution in [-0.2, 0) is 26.9 Å². The van der Waals surface area contributed by atoms with Crippen molar-refractivity contribution in [1.29, 1.82) is 5.26 Å². The molecule has 9 nitrogen and oxygen atoms in total. The molecule has 1 aliphatic rings. The fraction of sp³-hybridized carbons (Fsp3) is 0.278. The molecule has 1 saturated heterocycles. The number of rotatable bonds is 5. The van der Waals surface area contributed by atoms with Crippen LogP contribution in [0.2, 0.25) is 0 Å². The highest BCUT2D eigenvalue weighted by molar-refractivity contribution is 7.88. The van der Waals surface area contributed by atoms with E-state index in [0.29, 0.717) is 11.1 Å². The largest absolute Gasteiger partial charge is 0.446 e. The van der Waals surface area contributed by atoms with Crippen LogP contribution >= 0.6 is 0 Å². The van der Waals surface area contributed by atoms with E-state index < -0.39 is 27.5 Å². The number of furan rings is 1. The SMILES string of the molecule is CN(C)S(=O)(=O)c1ccc(CN2C(=O)NC(C)(c3ccc(C#N)cc3)C2=O)o1. The molecule has 1 fully saturated rings. The van der Waals surface area contributed by atoms with Crippen molar-refractivity contribution in [1.82, 2.24) is 14.5 Å². The highest BCUT2D eigenvalue weighted by atomic mass is 32.2. The highest BCUT2D eigenvalue weighted by Crippen LogP contribution is 2.30. The number of nitriles is 1. The summed E-state index contributed by atoms with van der Waals surface area (Å²) in [6.07, 6.45) is 0. The van der Waals surface area contributed by atoms with Crippen molar-refractivity contribution in [2.45, 2.75) is 24.1 Å². The van der Waals surface area contributed by atoms with Gasteiger partial charge in [-0.25, -0.2) is 17.5 Å². The quantitative estimate of drug-likeness (QED) is 0.754. The second kappa shape index (κ2) is 6.78. The molecule has 146 valence electrons. The molecule has 1 unspecified atom stereocenters. The number of hydrogen-bond acceptors (Lipinski definition) is 6. The summed E-state index contributed by atoms with van der Waals surface area (Å²) in [5.74, 6) is -0.344. The van der Waals surface area contributed by atoms with E-state index in [1.807, 2.05) is 6.07 Å². The van der Waals surface area contributed by atoms with Crippen LogP contribution in [0, 0.1) is 11.3 Å². The first-order valence-corrected chi connectivity index (χ1v) is 9.69. The summed E-state index contributed by atoms with van der Waals surface area (Å²) >= 11 is 0. The van der Waals surface area contributed by atoms with Gasteiger partial charge in [0, 0.05) is 14.1 Å². The van der Waals surface area contributed by atoms with Gasteiger partial charge in [-0.3, -0.25) is 9.69 Å². The third-order valence-corrected chi connectivity index (χ3v) is 6.24. The summed E-state index contributed by atoms with van der Waals surface area (Å²) in [4.78, 5) is 26.3. The van der Waals surface area contributed by atoms with Gasteiger partial charge in [0.2, 0.25) is 5.09 Å². The summed E-state index contributed by atoms with van der Waals surface area (Å²) in [5, 5.41) is 11.3. The van der Waals surface area contributed by atoms with Gasteiger partial charge < -0.3 is 9.73 Å². The van der Waals surface area contributed by atoms with Crippen LogP contribution in [0.15, 0.2) is 45.9 Å². The minimum atomic E-state index is -3.75. The molecule has 1 N–H and O–H groups in total. The molecular formula is C18H18N4O5S. The minimum Gasteiger partial charge on any atom is -0.446 e. The molecule has 28 heavy (non-hydrogen) atoms. The van der Waals surface area contributed by atoms with Crippen molar-refractivity contribution >= 4 is 22.0 Å². The lowest BCUT2D eigenvalue weighted by Gasteiger charge is -2.22. The van der Waals surface area contributed by atoms with E-state index in [9.17, 15) is 18.0 Å². The van der Waals surface area contributed by atoms with Crippen molar-refractivity contribution in [3.8, 4) is 6.07 Å². The first kappa shape index (κ1) is 19.6. The van der Waals surface area contributed by atoms with Gasteiger partial charge in [-0.05, 0) is 36.8 Å². The number of nitrogens with one attached hydrogen (secondary N) is 1. The summed E-state index contributed by atoms with van der Waals surface area (Å²) in [6.45, 7) is 1.36. The molecule has 2 aromatic rings. The first-order chi connectivity index (χ1) is 13.1. The molecule has 1 aromatic heterocycles. The Labute approximate surface area is 162 Å². The van der Waals surface area contributed by atoms with Crippen LogP contribution in [0.3, 0.4) is 0 Å². The Balaban J connectivity index is 1.85. The smallest absolute Gasteiger partial charge is 0.325 e. The molecule has 0 saturated carbocycles. The zero-order valence-electron chi connectivity index (χ0n) is 15.5. The first-order valence-electron chi connectivity index (χ1n) is 8.25. The number of carbonyl (C=O) groups excluding carboxylic acids is 2. The van der Waals surface area contributed by atoms with Crippen molar-refractivity contribution in [3.63, 3.8) is 0 Å². The summed E-state index contributed by atoms with van der Waals surface area (Å²) in [7, 11) is -1.01. The molecule has 2 heterocycles. The lowest BCUT2D eigenvalue weighted by molar-refractivity contribution is -0.131. The summed E-state index contributed by atoms with van der Waals surface area (Å²) in [6, 6.07) is 10.4. The van der Waals surface area contributed by atoms with Gasteiger partial charge in [-0.1, -0.05) is 12.1 Å². The molecule has 3 amide bonds. The fourth-order valence-corrected chi connectivity index (χ4v) is 3.64. The predicted molar refractivity (Wildman–Crippen MR) is 97.2 cm³/mol. The number of urea groups is 1. The van der Waals surface area contributed by atoms with Crippen LogP contribution in [0.1, 0.15) is 23.8 Å². The van der Waals surface area contributed by atoms with E-state index in [-0.39, 0.29) is 17.4 Å². The monoisotopic (exact) mass is 402 g/mol. The lowest BCUT2D eigenvalue weighted by atomic mass is 9.91.